The van der Waals surface area contributed by atoms with Crippen LogP contribution >= 0.6 is 0 Å². The van der Waals surface area contributed by atoms with Crippen LogP contribution in [-0.2, 0) is 25.6 Å². The molecular weight excluding hydrogens is 434 g/mol. The number of hydrogen-bond donors (Lipinski definition) is 2. The number of hydrogen-bond acceptors (Lipinski definition) is 6. The highest BCUT2D eigenvalue weighted by molar-refractivity contribution is 6.12. The highest BCUT2D eigenvalue weighted by Crippen LogP contribution is 2.27. The van der Waals surface area contributed by atoms with Crippen LogP contribution in [0.15, 0.2) is 30.4 Å². The standard InChI is InChI=1S/C26H37N3O5/c1-18(15-19(2)22(30)7-5-13-28(3)4)16-20-9-10-23(31)21(17-20)27-24(32)8-6-14-29-25(33)11-12-26(29)34/h9-12,17-19,31H,5-8,13-16H2,1-4H3,(H,27,32)/t18-,19?/m1/s1. The fraction of sp³-hybridized carbons (Fsp3) is 0.538. The van der Waals surface area contributed by atoms with E-state index in [-0.39, 0.29) is 48.3 Å². The van der Waals surface area contributed by atoms with Gasteiger partial charge in [-0.25, -0.2) is 0 Å². The first-order valence-corrected chi connectivity index (χ1v) is 11.9. The first-order chi connectivity index (χ1) is 16.1. The van der Waals surface area contributed by atoms with Crippen LogP contribution in [0.3, 0.4) is 0 Å². The number of rotatable bonds is 14. The summed E-state index contributed by atoms with van der Waals surface area (Å²) in [5, 5.41) is 12.9. The Morgan fingerprint density at radius 1 is 1.06 bits per heavy atom. The van der Waals surface area contributed by atoms with Crippen molar-refractivity contribution in [1.29, 1.82) is 0 Å². The summed E-state index contributed by atoms with van der Waals surface area (Å²) in [6.07, 6.45) is 5.86. The van der Waals surface area contributed by atoms with Crippen molar-refractivity contribution in [3.8, 4) is 5.75 Å². The second-order valence-electron chi connectivity index (χ2n) is 9.48. The smallest absolute Gasteiger partial charge is 0.253 e. The van der Waals surface area contributed by atoms with Crippen molar-refractivity contribution in [3.63, 3.8) is 0 Å². The second-order valence-corrected chi connectivity index (χ2v) is 9.48. The molecule has 186 valence electrons. The maximum atomic E-state index is 12.4. The van der Waals surface area contributed by atoms with Crippen LogP contribution in [-0.4, -0.2) is 65.6 Å². The molecule has 0 aromatic heterocycles. The van der Waals surface area contributed by atoms with Crippen LogP contribution < -0.4 is 5.32 Å². The average molecular weight is 472 g/mol. The molecule has 0 saturated carbocycles. The Bertz CT molecular complexity index is 907. The third kappa shape index (κ3) is 8.74. The minimum absolute atomic E-state index is 0.00183. The van der Waals surface area contributed by atoms with Crippen LogP contribution in [0, 0.1) is 11.8 Å². The van der Waals surface area contributed by atoms with Crippen molar-refractivity contribution in [2.24, 2.45) is 11.8 Å². The zero-order chi connectivity index (χ0) is 25.3. The van der Waals surface area contributed by atoms with Crippen LogP contribution in [0.1, 0.15) is 51.5 Å². The zero-order valence-corrected chi connectivity index (χ0v) is 20.7. The molecule has 34 heavy (non-hydrogen) atoms. The van der Waals surface area contributed by atoms with E-state index >= 15 is 0 Å². The van der Waals surface area contributed by atoms with Crippen molar-refractivity contribution in [2.45, 2.75) is 52.4 Å². The second kappa shape index (κ2) is 13.0. The van der Waals surface area contributed by atoms with Crippen molar-refractivity contribution < 1.29 is 24.3 Å². The highest BCUT2D eigenvalue weighted by atomic mass is 16.3. The first kappa shape index (κ1) is 27.2. The number of amides is 3. The molecule has 1 unspecified atom stereocenters. The lowest BCUT2D eigenvalue weighted by molar-refractivity contribution is -0.137. The number of phenols is 1. The number of carbonyl (C=O) groups is 4. The Balaban J connectivity index is 1.81. The van der Waals surface area contributed by atoms with E-state index in [1.165, 1.54) is 12.2 Å². The SMILES string of the molecule is CC(C[C@@H](C)Cc1ccc(O)c(NC(=O)CCCN2C(=O)C=CC2=O)c1)C(=O)CCCN(C)C. The molecule has 3 amide bonds. The Morgan fingerprint density at radius 2 is 1.74 bits per heavy atom. The van der Waals surface area contributed by atoms with Gasteiger partial charge < -0.3 is 15.3 Å². The summed E-state index contributed by atoms with van der Waals surface area (Å²) in [6.45, 7) is 5.16. The molecule has 0 saturated heterocycles. The molecule has 1 aromatic carbocycles. The summed E-state index contributed by atoms with van der Waals surface area (Å²) >= 11 is 0. The lowest BCUT2D eigenvalue weighted by atomic mass is 9.88. The predicted molar refractivity (Wildman–Crippen MR) is 131 cm³/mol. The van der Waals surface area contributed by atoms with Crippen molar-refractivity contribution in [1.82, 2.24) is 9.80 Å². The Hall–Kier alpha value is -3.00. The van der Waals surface area contributed by atoms with Crippen LogP contribution in [0.25, 0.3) is 0 Å². The van der Waals surface area contributed by atoms with Gasteiger partial charge in [-0.1, -0.05) is 19.9 Å². The van der Waals surface area contributed by atoms with Crippen LogP contribution in [0.4, 0.5) is 5.69 Å². The van der Waals surface area contributed by atoms with Gasteiger partial charge in [0.25, 0.3) is 11.8 Å². The Labute approximate surface area is 202 Å². The maximum Gasteiger partial charge on any atom is 0.253 e. The van der Waals surface area contributed by atoms with Gasteiger partial charge in [0.2, 0.25) is 5.91 Å². The van der Waals surface area contributed by atoms with Crippen molar-refractivity contribution in [3.05, 3.63) is 35.9 Å². The van der Waals surface area contributed by atoms with Gasteiger partial charge in [-0.2, -0.15) is 0 Å². The van der Waals surface area contributed by atoms with E-state index in [2.05, 4.69) is 17.1 Å². The van der Waals surface area contributed by atoms with Gasteiger partial charge in [-0.05, 0) is 69.9 Å². The molecule has 1 aromatic rings. The molecule has 2 rings (SSSR count). The number of benzene rings is 1. The van der Waals surface area contributed by atoms with E-state index in [4.69, 9.17) is 0 Å². The number of nitrogens with zero attached hydrogens (tertiary/aromatic N) is 2. The number of Topliss-reactive ketones (excluding diaryl/α,β-unsaturated/α-hetero) is 1. The fourth-order valence-corrected chi connectivity index (χ4v) is 4.11. The van der Waals surface area contributed by atoms with Crippen LogP contribution in [0.2, 0.25) is 0 Å². The molecule has 1 heterocycles. The van der Waals surface area contributed by atoms with Gasteiger partial charge >= 0.3 is 0 Å². The summed E-state index contributed by atoms with van der Waals surface area (Å²) in [5.41, 5.74) is 1.30. The third-order valence-corrected chi connectivity index (χ3v) is 5.94. The van der Waals surface area contributed by atoms with Gasteiger partial charge in [0.15, 0.2) is 0 Å². The largest absolute Gasteiger partial charge is 0.506 e. The highest BCUT2D eigenvalue weighted by Gasteiger charge is 2.23. The molecular formula is C26H37N3O5. The molecule has 8 nitrogen and oxygen atoms in total. The molecule has 0 aliphatic carbocycles. The van der Waals surface area contributed by atoms with Gasteiger partial charge in [0.05, 0.1) is 5.69 Å². The Kier molecular flexibility index (Phi) is 10.4. The monoisotopic (exact) mass is 471 g/mol. The van der Waals surface area contributed by atoms with E-state index in [0.717, 1.165) is 36.3 Å². The lowest BCUT2D eigenvalue weighted by Crippen LogP contribution is -2.31. The topological polar surface area (TPSA) is 107 Å². The van der Waals surface area contributed by atoms with E-state index in [9.17, 15) is 24.3 Å². The van der Waals surface area contributed by atoms with Crippen molar-refractivity contribution >= 4 is 29.2 Å². The number of phenolic OH excluding ortho intramolecular Hbond substituents is 1. The number of ketones is 1. The third-order valence-electron chi connectivity index (χ3n) is 5.94. The predicted octanol–water partition coefficient (Wildman–Crippen LogP) is 3.15. The molecule has 0 fully saturated rings. The zero-order valence-electron chi connectivity index (χ0n) is 20.7. The quantitative estimate of drug-likeness (QED) is 0.319. The minimum Gasteiger partial charge on any atom is -0.506 e. The number of aromatic hydroxyl groups is 1. The molecule has 1 aliphatic heterocycles. The molecule has 1 aliphatic rings. The van der Waals surface area contributed by atoms with Gasteiger partial charge in [-0.15, -0.1) is 0 Å². The van der Waals surface area contributed by atoms with E-state index < -0.39 is 0 Å². The number of anilines is 1. The first-order valence-electron chi connectivity index (χ1n) is 11.9. The molecule has 2 N–H and O–H groups in total. The Morgan fingerprint density at radius 3 is 2.38 bits per heavy atom. The number of imide groups is 1. The molecule has 2 atom stereocenters. The van der Waals surface area contributed by atoms with Crippen LogP contribution in [0.5, 0.6) is 5.75 Å². The van der Waals surface area contributed by atoms with E-state index in [0.29, 0.717) is 24.3 Å². The maximum absolute atomic E-state index is 12.4. The van der Waals surface area contributed by atoms with E-state index in [1.807, 2.05) is 27.1 Å². The molecule has 0 spiro atoms. The minimum atomic E-state index is -0.366. The number of carbonyl (C=O) groups excluding carboxylic acids is 4. The lowest BCUT2D eigenvalue weighted by Gasteiger charge is -2.18. The van der Waals surface area contributed by atoms with Gasteiger partial charge in [0, 0.05) is 37.5 Å². The summed E-state index contributed by atoms with van der Waals surface area (Å²) in [7, 11) is 4.00. The summed E-state index contributed by atoms with van der Waals surface area (Å²) in [6, 6.07) is 5.13. The average Bonchev–Trinajstić information content (AvgIpc) is 3.07. The normalized spacial score (nSPS) is 15.1. The molecule has 8 heteroatoms. The summed E-state index contributed by atoms with van der Waals surface area (Å²) < 4.78 is 0. The van der Waals surface area contributed by atoms with E-state index in [1.54, 1.807) is 12.1 Å². The van der Waals surface area contributed by atoms with Crippen molar-refractivity contribution in [2.75, 3.05) is 32.5 Å². The molecule has 0 bridgehead atoms. The molecule has 0 radical (unpaired) electrons. The fourth-order valence-electron chi connectivity index (χ4n) is 4.11. The summed E-state index contributed by atoms with van der Waals surface area (Å²) in [4.78, 5) is 51.0. The van der Waals surface area contributed by atoms with Gasteiger partial charge in [-0.3, -0.25) is 24.1 Å². The van der Waals surface area contributed by atoms with Gasteiger partial charge in [0.1, 0.15) is 11.5 Å². The number of nitrogens with one attached hydrogen (secondary N) is 1. The summed E-state index contributed by atoms with van der Waals surface area (Å²) in [5.74, 6) is -0.500.